The summed E-state index contributed by atoms with van der Waals surface area (Å²) in [6, 6.07) is 1.52. The van der Waals surface area contributed by atoms with Gasteiger partial charge in [-0.25, -0.2) is 4.79 Å². The maximum Gasteiger partial charge on any atom is 0.341 e. The molecule has 0 spiro atoms. The van der Waals surface area contributed by atoms with Crippen molar-refractivity contribution >= 4 is 11.8 Å². The van der Waals surface area contributed by atoms with Gasteiger partial charge in [0, 0.05) is 6.42 Å². The maximum absolute atomic E-state index is 11.3. The minimum absolute atomic E-state index is 0.0379. The molecule has 6 heteroatoms. The molecule has 1 heterocycles. The van der Waals surface area contributed by atoms with Gasteiger partial charge < -0.3 is 19.7 Å². The lowest BCUT2D eigenvalue weighted by molar-refractivity contribution is 0.0587. The number of methoxy groups -OCH3 is 1. The molecule has 0 aliphatic rings. The van der Waals surface area contributed by atoms with Gasteiger partial charge in [-0.3, -0.25) is 0 Å². The molecule has 0 aliphatic heterocycles. The molecule has 0 atom stereocenters. The molecule has 1 aromatic heterocycles. The number of esters is 1. The lowest BCUT2D eigenvalue weighted by Gasteiger charge is -2.04. The van der Waals surface area contributed by atoms with Crippen LogP contribution in [0.5, 0.6) is 0 Å². The van der Waals surface area contributed by atoms with Gasteiger partial charge in [-0.05, 0) is 12.0 Å². The molecular formula is C12H18N2O4. The second-order valence-electron chi connectivity index (χ2n) is 4.20. The van der Waals surface area contributed by atoms with E-state index in [1.165, 1.54) is 19.4 Å². The van der Waals surface area contributed by atoms with Crippen molar-refractivity contribution in [3.05, 3.63) is 23.7 Å². The fourth-order valence-corrected chi connectivity index (χ4v) is 1.37. The van der Waals surface area contributed by atoms with Crippen LogP contribution in [0.4, 0.5) is 0 Å². The molecular weight excluding hydrogens is 236 g/mol. The third-order valence-electron chi connectivity index (χ3n) is 2.15. The molecule has 0 unspecified atom stereocenters. The summed E-state index contributed by atoms with van der Waals surface area (Å²) in [4.78, 5) is 16.4. The number of ether oxygens (including phenoxy) is 1. The van der Waals surface area contributed by atoms with Crippen molar-refractivity contribution < 1.29 is 18.8 Å². The van der Waals surface area contributed by atoms with Crippen molar-refractivity contribution in [2.45, 2.75) is 26.9 Å². The lowest BCUT2D eigenvalue weighted by atomic mass is 10.1. The Morgan fingerprint density at radius 1 is 1.56 bits per heavy atom. The Morgan fingerprint density at radius 3 is 2.89 bits per heavy atom. The van der Waals surface area contributed by atoms with E-state index in [0.29, 0.717) is 29.5 Å². The van der Waals surface area contributed by atoms with Crippen molar-refractivity contribution in [2.24, 2.45) is 16.8 Å². The summed E-state index contributed by atoms with van der Waals surface area (Å²) in [6.07, 6.45) is 2.05. The standard InChI is InChI=1S/C12H18N2O4/c1-8(2)6-11(13)14-18-7-10-9(4-5-17-10)12(15)16-3/h4-5,8H,6-7H2,1-3H3,(H2,13,14). The van der Waals surface area contributed by atoms with Crippen LogP contribution in [0.2, 0.25) is 0 Å². The summed E-state index contributed by atoms with van der Waals surface area (Å²) in [6.45, 7) is 4.10. The van der Waals surface area contributed by atoms with Gasteiger partial charge in [0.1, 0.15) is 11.4 Å². The largest absolute Gasteiger partial charge is 0.465 e. The smallest absolute Gasteiger partial charge is 0.341 e. The molecule has 6 nitrogen and oxygen atoms in total. The van der Waals surface area contributed by atoms with Crippen LogP contribution in [-0.4, -0.2) is 18.9 Å². The Bertz CT molecular complexity index is 423. The monoisotopic (exact) mass is 254 g/mol. The third kappa shape index (κ3) is 4.12. The van der Waals surface area contributed by atoms with Gasteiger partial charge >= 0.3 is 5.97 Å². The van der Waals surface area contributed by atoms with Crippen LogP contribution in [0.1, 0.15) is 36.4 Å². The Kier molecular flexibility index (Phi) is 5.23. The molecule has 0 saturated carbocycles. The highest BCUT2D eigenvalue weighted by Crippen LogP contribution is 2.13. The average Bonchev–Trinajstić information content (AvgIpc) is 2.75. The second kappa shape index (κ2) is 6.68. The van der Waals surface area contributed by atoms with Gasteiger partial charge in [-0.15, -0.1) is 0 Å². The Morgan fingerprint density at radius 2 is 2.28 bits per heavy atom. The van der Waals surface area contributed by atoms with Crippen molar-refractivity contribution in [3.63, 3.8) is 0 Å². The fourth-order valence-electron chi connectivity index (χ4n) is 1.37. The Labute approximate surface area is 106 Å². The number of hydrogen-bond acceptors (Lipinski definition) is 5. The molecule has 0 aromatic carbocycles. The van der Waals surface area contributed by atoms with Gasteiger partial charge in [0.15, 0.2) is 12.4 Å². The predicted octanol–water partition coefficient (Wildman–Crippen LogP) is 1.90. The molecule has 1 rings (SSSR count). The maximum atomic E-state index is 11.3. The van der Waals surface area contributed by atoms with Gasteiger partial charge in [0.2, 0.25) is 0 Å². The minimum Gasteiger partial charge on any atom is -0.465 e. The number of nitrogens with two attached hydrogens (primary N) is 1. The van der Waals surface area contributed by atoms with E-state index in [4.69, 9.17) is 15.0 Å². The second-order valence-corrected chi connectivity index (χ2v) is 4.20. The summed E-state index contributed by atoms with van der Waals surface area (Å²) in [5.41, 5.74) is 5.97. The first-order valence-electron chi connectivity index (χ1n) is 5.63. The molecule has 0 aliphatic carbocycles. The number of oxime groups is 1. The van der Waals surface area contributed by atoms with E-state index in [1.807, 2.05) is 13.8 Å². The van der Waals surface area contributed by atoms with E-state index in [9.17, 15) is 4.79 Å². The summed E-state index contributed by atoms with van der Waals surface area (Å²) in [7, 11) is 1.30. The topological polar surface area (TPSA) is 87.0 Å². The van der Waals surface area contributed by atoms with Gasteiger partial charge in [-0.1, -0.05) is 19.0 Å². The van der Waals surface area contributed by atoms with E-state index in [0.717, 1.165) is 0 Å². The normalized spacial score (nSPS) is 11.7. The van der Waals surface area contributed by atoms with Crippen molar-refractivity contribution in [1.29, 1.82) is 0 Å². The number of nitrogens with zero attached hydrogens (tertiary/aromatic N) is 1. The van der Waals surface area contributed by atoms with E-state index >= 15 is 0 Å². The van der Waals surface area contributed by atoms with E-state index in [2.05, 4.69) is 9.89 Å². The SMILES string of the molecule is COC(=O)c1ccoc1CO/N=C(/N)CC(C)C. The van der Waals surface area contributed by atoms with E-state index in [1.54, 1.807) is 0 Å². The number of hydrogen-bond donors (Lipinski definition) is 1. The van der Waals surface area contributed by atoms with Crippen LogP contribution < -0.4 is 5.73 Å². The molecule has 100 valence electrons. The molecule has 18 heavy (non-hydrogen) atoms. The third-order valence-corrected chi connectivity index (χ3v) is 2.15. The summed E-state index contributed by atoms with van der Waals surface area (Å²) >= 11 is 0. The first-order chi connectivity index (χ1) is 8.54. The summed E-state index contributed by atoms with van der Waals surface area (Å²) in [5.74, 6) is 0.715. The highest BCUT2D eigenvalue weighted by atomic mass is 16.6. The molecule has 0 amide bonds. The Balaban J connectivity index is 2.54. The van der Waals surface area contributed by atoms with Crippen molar-refractivity contribution in [2.75, 3.05) is 7.11 Å². The molecule has 0 bridgehead atoms. The predicted molar refractivity (Wildman–Crippen MR) is 65.9 cm³/mol. The molecule has 2 N–H and O–H groups in total. The Hall–Kier alpha value is -1.98. The van der Waals surface area contributed by atoms with Gasteiger partial charge in [0.25, 0.3) is 0 Å². The summed E-state index contributed by atoms with van der Waals surface area (Å²) < 4.78 is 9.71. The zero-order chi connectivity index (χ0) is 13.5. The van der Waals surface area contributed by atoms with Gasteiger partial charge in [0.05, 0.1) is 13.4 Å². The van der Waals surface area contributed by atoms with Crippen LogP contribution in [0.25, 0.3) is 0 Å². The quantitative estimate of drug-likeness (QED) is 0.362. The number of rotatable bonds is 6. The number of carbonyl (C=O) groups is 1. The molecule has 0 saturated heterocycles. The summed E-state index contributed by atoms with van der Waals surface area (Å²) in [5, 5.41) is 3.75. The van der Waals surface area contributed by atoms with E-state index in [-0.39, 0.29) is 6.61 Å². The van der Waals surface area contributed by atoms with Crippen LogP contribution in [0, 0.1) is 5.92 Å². The minimum atomic E-state index is -0.471. The molecule has 0 fully saturated rings. The first-order valence-corrected chi connectivity index (χ1v) is 5.63. The van der Waals surface area contributed by atoms with Crippen molar-refractivity contribution in [3.8, 4) is 0 Å². The van der Waals surface area contributed by atoms with Gasteiger partial charge in [-0.2, -0.15) is 0 Å². The van der Waals surface area contributed by atoms with Crippen LogP contribution >= 0.6 is 0 Å². The highest BCUT2D eigenvalue weighted by Gasteiger charge is 2.15. The average molecular weight is 254 g/mol. The van der Waals surface area contributed by atoms with Crippen LogP contribution in [0.15, 0.2) is 21.9 Å². The lowest BCUT2D eigenvalue weighted by Crippen LogP contribution is -2.15. The van der Waals surface area contributed by atoms with Crippen LogP contribution in [0.3, 0.4) is 0 Å². The highest BCUT2D eigenvalue weighted by molar-refractivity contribution is 5.90. The number of carbonyl (C=O) groups excluding carboxylic acids is 1. The zero-order valence-corrected chi connectivity index (χ0v) is 10.8. The van der Waals surface area contributed by atoms with Crippen molar-refractivity contribution in [1.82, 2.24) is 0 Å². The molecule has 0 radical (unpaired) electrons. The first kappa shape index (κ1) is 14.1. The molecule has 1 aromatic rings. The van der Waals surface area contributed by atoms with E-state index < -0.39 is 5.97 Å². The zero-order valence-electron chi connectivity index (χ0n) is 10.8. The number of furan rings is 1. The number of amidine groups is 1. The van der Waals surface area contributed by atoms with Crippen LogP contribution in [-0.2, 0) is 16.2 Å². The fraction of sp³-hybridized carbons (Fsp3) is 0.500.